The highest BCUT2D eigenvalue weighted by atomic mass is 35.5. The summed E-state index contributed by atoms with van der Waals surface area (Å²) in [5.41, 5.74) is 0. The second-order valence-corrected chi connectivity index (χ2v) is 1.58. The van der Waals surface area contributed by atoms with Crippen molar-refractivity contribution in [3.63, 3.8) is 0 Å². The molecule has 0 aliphatic rings. The van der Waals surface area contributed by atoms with Gasteiger partial charge in [0.25, 0.3) is 0 Å². The number of aliphatic hydroxyl groups excluding tert-OH is 1. The third-order valence-electron chi connectivity index (χ3n) is 1.12. The van der Waals surface area contributed by atoms with Gasteiger partial charge >= 0.3 is 0 Å². The van der Waals surface area contributed by atoms with Crippen molar-refractivity contribution in [1.82, 2.24) is 5.32 Å². The quantitative estimate of drug-likeness (QED) is 0.594. The summed E-state index contributed by atoms with van der Waals surface area (Å²) >= 11 is 0. The molecule has 2 N–H and O–H groups in total. The highest BCUT2D eigenvalue weighted by Gasteiger charge is 1.95. The summed E-state index contributed by atoms with van der Waals surface area (Å²) in [5, 5.41) is 11.4. The van der Waals surface area contributed by atoms with Crippen molar-refractivity contribution in [3.8, 4) is 0 Å². The molecule has 3 heteroatoms. The molecule has 8 heavy (non-hydrogen) atoms. The molecule has 0 amide bonds. The summed E-state index contributed by atoms with van der Waals surface area (Å²) in [6, 6.07) is 0.292. The van der Waals surface area contributed by atoms with Gasteiger partial charge in [-0.2, -0.15) is 0 Å². The number of rotatable bonds is 3. The zero-order valence-electron chi connectivity index (χ0n) is 5.35. The van der Waals surface area contributed by atoms with Crippen molar-refractivity contribution in [1.29, 1.82) is 0 Å². The lowest BCUT2D eigenvalue weighted by Gasteiger charge is -2.07. The summed E-state index contributed by atoms with van der Waals surface area (Å²) in [7, 11) is 1.85. The number of aliphatic hydroxyl groups is 1. The molecule has 0 radical (unpaired) electrons. The molecule has 0 unspecified atom stereocenters. The highest BCUT2D eigenvalue weighted by molar-refractivity contribution is 5.85. The standard InChI is InChI=1S/C5H13NO.ClH/c1-3-5(4-7)6-2;/h5-7H,3-4H2,1-2H3;1H/t5-;/m0./s1. The Morgan fingerprint density at radius 2 is 2.12 bits per heavy atom. The maximum Gasteiger partial charge on any atom is 0.0584 e. The van der Waals surface area contributed by atoms with Crippen LogP contribution in [0, 0.1) is 0 Å². The molecule has 0 bridgehead atoms. The van der Waals surface area contributed by atoms with E-state index in [0.29, 0.717) is 6.04 Å². The van der Waals surface area contributed by atoms with Crippen molar-refractivity contribution in [2.24, 2.45) is 0 Å². The first-order valence-corrected chi connectivity index (χ1v) is 2.63. The van der Waals surface area contributed by atoms with Crippen molar-refractivity contribution >= 4 is 12.4 Å². The van der Waals surface area contributed by atoms with Crippen LogP contribution >= 0.6 is 12.4 Å². The monoisotopic (exact) mass is 139 g/mol. The van der Waals surface area contributed by atoms with E-state index < -0.39 is 0 Å². The second-order valence-electron chi connectivity index (χ2n) is 1.58. The minimum Gasteiger partial charge on any atom is -0.395 e. The van der Waals surface area contributed by atoms with Gasteiger partial charge in [-0.05, 0) is 13.5 Å². The topological polar surface area (TPSA) is 32.3 Å². The van der Waals surface area contributed by atoms with Crippen LogP contribution in [0.5, 0.6) is 0 Å². The van der Waals surface area contributed by atoms with Crippen LogP contribution in [0.3, 0.4) is 0 Å². The first-order valence-electron chi connectivity index (χ1n) is 2.63. The molecule has 0 fully saturated rings. The van der Waals surface area contributed by atoms with Crippen LogP contribution in [0.25, 0.3) is 0 Å². The van der Waals surface area contributed by atoms with E-state index in [9.17, 15) is 0 Å². The van der Waals surface area contributed by atoms with Gasteiger partial charge in [0.1, 0.15) is 0 Å². The SMILES string of the molecule is CC[C@@H](CO)NC.Cl. The van der Waals surface area contributed by atoms with E-state index in [1.165, 1.54) is 0 Å². The fourth-order valence-electron chi connectivity index (χ4n) is 0.425. The Balaban J connectivity index is 0. The first-order chi connectivity index (χ1) is 3.35. The van der Waals surface area contributed by atoms with E-state index in [1.807, 2.05) is 14.0 Å². The molecule has 0 aromatic rings. The Kier molecular flexibility index (Phi) is 9.97. The zero-order chi connectivity index (χ0) is 5.70. The maximum absolute atomic E-state index is 8.46. The zero-order valence-corrected chi connectivity index (χ0v) is 6.16. The van der Waals surface area contributed by atoms with E-state index >= 15 is 0 Å². The van der Waals surface area contributed by atoms with Gasteiger partial charge in [0, 0.05) is 6.04 Å². The largest absolute Gasteiger partial charge is 0.395 e. The molecule has 0 rings (SSSR count). The van der Waals surface area contributed by atoms with Crippen LogP contribution in [0.2, 0.25) is 0 Å². The Bertz CT molecular complexity index is 33.9. The van der Waals surface area contributed by atoms with Gasteiger partial charge in [-0.3, -0.25) is 0 Å². The van der Waals surface area contributed by atoms with Gasteiger partial charge in [0.05, 0.1) is 6.61 Å². The second kappa shape index (κ2) is 7.21. The minimum absolute atomic E-state index is 0. The molecule has 0 aromatic heterocycles. The molecule has 0 aliphatic carbocycles. The van der Waals surface area contributed by atoms with Crippen molar-refractivity contribution in [2.75, 3.05) is 13.7 Å². The number of hydrogen-bond acceptors (Lipinski definition) is 2. The normalized spacial score (nSPS) is 12.4. The number of nitrogens with one attached hydrogen (secondary N) is 1. The van der Waals surface area contributed by atoms with Crippen LogP contribution in [-0.2, 0) is 0 Å². The lowest BCUT2D eigenvalue weighted by molar-refractivity contribution is 0.245. The Labute approximate surface area is 56.7 Å². The fourth-order valence-corrected chi connectivity index (χ4v) is 0.425. The molecule has 52 valence electrons. The third kappa shape index (κ3) is 4.37. The molecular formula is C5H14ClNO. The van der Waals surface area contributed by atoms with Crippen LogP contribution in [-0.4, -0.2) is 24.8 Å². The van der Waals surface area contributed by atoms with Gasteiger partial charge in [-0.1, -0.05) is 6.92 Å². The lowest BCUT2D eigenvalue weighted by Crippen LogP contribution is -2.27. The van der Waals surface area contributed by atoms with Crippen LogP contribution in [0.4, 0.5) is 0 Å². The van der Waals surface area contributed by atoms with E-state index in [1.54, 1.807) is 0 Å². The van der Waals surface area contributed by atoms with E-state index in [4.69, 9.17) is 5.11 Å². The number of halogens is 1. The molecule has 0 heterocycles. The van der Waals surface area contributed by atoms with E-state index in [0.717, 1.165) is 6.42 Å². The smallest absolute Gasteiger partial charge is 0.0584 e. The summed E-state index contributed by atoms with van der Waals surface area (Å²) in [6.45, 7) is 2.28. The summed E-state index contributed by atoms with van der Waals surface area (Å²) in [5.74, 6) is 0. The van der Waals surface area contributed by atoms with E-state index in [2.05, 4.69) is 5.32 Å². The predicted octanol–water partition coefficient (Wildman–Crippen LogP) is 0.399. The molecule has 2 nitrogen and oxygen atoms in total. The molecule has 0 saturated carbocycles. The molecule has 0 spiro atoms. The summed E-state index contributed by atoms with van der Waals surface area (Å²) in [4.78, 5) is 0. The molecule has 1 atom stereocenters. The highest BCUT2D eigenvalue weighted by Crippen LogP contribution is 1.84. The Hall–Kier alpha value is 0.210. The summed E-state index contributed by atoms with van der Waals surface area (Å²) in [6.07, 6.45) is 0.993. The Morgan fingerprint density at radius 1 is 1.62 bits per heavy atom. The van der Waals surface area contributed by atoms with Gasteiger partial charge in [0.15, 0.2) is 0 Å². The third-order valence-corrected chi connectivity index (χ3v) is 1.12. The van der Waals surface area contributed by atoms with Crippen molar-refractivity contribution < 1.29 is 5.11 Å². The van der Waals surface area contributed by atoms with Crippen LogP contribution < -0.4 is 5.32 Å². The molecular weight excluding hydrogens is 126 g/mol. The van der Waals surface area contributed by atoms with Gasteiger partial charge in [0.2, 0.25) is 0 Å². The van der Waals surface area contributed by atoms with Gasteiger partial charge < -0.3 is 10.4 Å². The van der Waals surface area contributed by atoms with Crippen LogP contribution in [0.1, 0.15) is 13.3 Å². The average molecular weight is 140 g/mol. The van der Waals surface area contributed by atoms with Crippen molar-refractivity contribution in [3.05, 3.63) is 0 Å². The average Bonchev–Trinajstić information content (AvgIpc) is 1.72. The maximum atomic E-state index is 8.46. The Morgan fingerprint density at radius 3 is 2.12 bits per heavy atom. The van der Waals surface area contributed by atoms with E-state index in [-0.39, 0.29) is 19.0 Å². The van der Waals surface area contributed by atoms with Gasteiger partial charge in [-0.25, -0.2) is 0 Å². The minimum atomic E-state index is 0. The molecule has 0 aromatic carbocycles. The van der Waals surface area contributed by atoms with Crippen molar-refractivity contribution in [2.45, 2.75) is 19.4 Å². The fraction of sp³-hybridized carbons (Fsp3) is 1.00. The van der Waals surface area contributed by atoms with Gasteiger partial charge in [-0.15, -0.1) is 12.4 Å². The predicted molar refractivity (Wildman–Crippen MR) is 37.5 cm³/mol. The first kappa shape index (κ1) is 11.1. The summed E-state index contributed by atoms with van der Waals surface area (Å²) < 4.78 is 0. The number of likely N-dealkylation sites (N-methyl/N-ethyl adjacent to an activating group) is 1. The molecule has 0 saturated heterocycles. The lowest BCUT2D eigenvalue weighted by atomic mass is 10.2. The van der Waals surface area contributed by atoms with Crippen LogP contribution in [0.15, 0.2) is 0 Å². The number of hydrogen-bond donors (Lipinski definition) is 2. The molecule has 0 aliphatic heterocycles.